The van der Waals surface area contributed by atoms with Crippen LogP contribution in [-0.2, 0) is 39.4 Å². The minimum absolute atomic E-state index is 0.0951. The molecule has 1 amide bonds. The highest BCUT2D eigenvalue weighted by atomic mass is 32.2. The van der Waals surface area contributed by atoms with Crippen molar-refractivity contribution in [2.45, 2.75) is 19.6 Å². The number of phenolic OH excluding ortho intramolecular Hbond substituents is 1. The Morgan fingerprint density at radius 1 is 0.852 bits per heavy atom. The van der Waals surface area contributed by atoms with E-state index in [0.29, 0.717) is 30.1 Å². The quantitative estimate of drug-likeness (QED) is 0.0123. The van der Waals surface area contributed by atoms with Gasteiger partial charge >= 0.3 is 0 Å². The van der Waals surface area contributed by atoms with Crippen molar-refractivity contribution in [1.29, 1.82) is 0 Å². The molecular weight excluding hydrogens is 828 g/mol. The van der Waals surface area contributed by atoms with Gasteiger partial charge in [-0.05, 0) is 59.3 Å². The van der Waals surface area contributed by atoms with Gasteiger partial charge in [0.15, 0.2) is 15.6 Å². The minimum atomic E-state index is -5.20. The summed E-state index contributed by atoms with van der Waals surface area (Å²) in [4.78, 5) is 11.3. The Labute approximate surface area is 319 Å². The summed E-state index contributed by atoms with van der Waals surface area (Å²) >= 11 is 1.86. The third-order valence-electron chi connectivity index (χ3n) is 7.53. The number of carbonyl (C=O) groups is 1. The molecule has 23 heteroatoms. The molecule has 0 radical (unpaired) electrons. The molecule has 1 atom stereocenters. The number of rotatable bonds is 16. The van der Waals surface area contributed by atoms with E-state index in [2.05, 4.69) is 39.4 Å². The largest absolute Gasteiger partial charge is 0.505 e. The van der Waals surface area contributed by atoms with Crippen LogP contribution in [0.3, 0.4) is 0 Å². The van der Waals surface area contributed by atoms with Gasteiger partial charge < -0.3 is 10.4 Å². The van der Waals surface area contributed by atoms with Gasteiger partial charge in [0.05, 0.1) is 28.4 Å². The Morgan fingerprint density at radius 2 is 1.59 bits per heavy atom. The zero-order valence-electron chi connectivity index (χ0n) is 27.3. The van der Waals surface area contributed by atoms with Gasteiger partial charge in [0.25, 0.3) is 26.1 Å². The Hall–Kier alpha value is -3.77. The molecule has 0 aliphatic carbocycles. The van der Waals surface area contributed by atoms with Crippen LogP contribution in [-0.4, -0.2) is 74.4 Å². The predicted octanol–water partition coefficient (Wildman–Crippen LogP) is 6.17. The first kappa shape index (κ1) is 41.4. The average molecular weight is 857 g/mol. The second kappa shape index (κ2) is 17.4. The van der Waals surface area contributed by atoms with E-state index >= 15 is 0 Å². The SMILES string of the molecule is O=C(Nc1cc(SOOO)cc2cc(S(=O)(=O)O)c(/N=N/c3ccc4cc(S(=O)(=O)CCSCCNP)ccc4c3S(=O)(=O)O)c(O)c12)c1ccccc1. The van der Waals surface area contributed by atoms with Gasteiger partial charge in [-0.25, -0.2) is 13.7 Å². The van der Waals surface area contributed by atoms with Crippen LogP contribution < -0.4 is 10.4 Å². The van der Waals surface area contributed by atoms with E-state index in [1.165, 1.54) is 54.2 Å². The van der Waals surface area contributed by atoms with Crippen LogP contribution in [0.2, 0.25) is 0 Å². The molecule has 0 heterocycles. The molecule has 0 aliphatic rings. The average Bonchev–Trinajstić information content (AvgIpc) is 3.12. The summed E-state index contributed by atoms with van der Waals surface area (Å²) in [6, 6.07) is 17.2. The first-order chi connectivity index (χ1) is 25.5. The van der Waals surface area contributed by atoms with Crippen molar-refractivity contribution in [2.75, 3.05) is 29.1 Å². The topological polar surface area (TPSA) is 268 Å². The van der Waals surface area contributed by atoms with E-state index < -0.39 is 62.9 Å². The maximum atomic E-state index is 13.1. The first-order valence-corrected chi connectivity index (χ1v) is 22.1. The molecule has 0 spiro atoms. The number of nitrogens with zero attached hydrogens (tertiary/aromatic N) is 2. The van der Waals surface area contributed by atoms with Crippen molar-refractivity contribution in [3.8, 4) is 5.75 Å². The number of thioether (sulfide) groups is 1. The third kappa shape index (κ3) is 9.72. The number of fused-ring (bicyclic) bond motifs is 2. The van der Waals surface area contributed by atoms with Crippen molar-refractivity contribution in [2.24, 2.45) is 10.2 Å². The summed E-state index contributed by atoms with van der Waals surface area (Å²) in [5, 5.41) is 36.5. The van der Waals surface area contributed by atoms with Gasteiger partial charge in [-0.2, -0.15) is 28.6 Å². The van der Waals surface area contributed by atoms with E-state index in [4.69, 9.17) is 5.26 Å². The lowest BCUT2D eigenvalue weighted by Crippen LogP contribution is -2.12. The predicted molar refractivity (Wildman–Crippen MR) is 206 cm³/mol. The minimum Gasteiger partial charge on any atom is -0.505 e. The van der Waals surface area contributed by atoms with Crippen molar-refractivity contribution in [3.63, 3.8) is 0 Å². The van der Waals surface area contributed by atoms with Gasteiger partial charge in [-0.1, -0.05) is 44.8 Å². The lowest BCUT2D eigenvalue weighted by Gasteiger charge is -2.15. The molecule has 0 saturated heterocycles. The summed E-state index contributed by atoms with van der Waals surface area (Å²) in [7, 11) is -11.7. The Balaban J connectivity index is 1.64. The Bertz CT molecular complexity index is 2600. The van der Waals surface area contributed by atoms with E-state index in [1.807, 2.05) is 0 Å². The van der Waals surface area contributed by atoms with Crippen molar-refractivity contribution in [1.82, 2.24) is 5.09 Å². The first-order valence-electron chi connectivity index (χ1n) is 15.1. The van der Waals surface area contributed by atoms with Gasteiger partial charge in [0.2, 0.25) is 0 Å². The van der Waals surface area contributed by atoms with Crippen LogP contribution in [0.15, 0.2) is 109 Å². The number of carbonyl (C=O) groups excluding carboxylic acids is 1. The van der Waals surface area contributed by atoms with Gasteiger partial charge in [0, 0.05) is 39.3 Å². The summed E-state index contributed by atoms with van der Waals surface area (Å²) in [5.41, 5.74) is -1.37. The number of aromatic hydroxyl groups is 1. The second-order valence-electron chi connectivity index (χ2n) is 11.0. The van der Waals surface area contributed by atoms with Crippen LogP contribution in [0.4, 0.5) is 17.1 Å². The van der Waals surface area contributed by atoms with E-state index in [9.17, 15) is 44.3 Å². The van der Waals surface area contributed by atoms with Crippen LogP contribution >= 0.6 is 33.2 Å². The number of sulfone groups is 1. The molecule has 5 rings (SSSR count). The summed E-state index contributed by atoms with van der Waals surface area (Å²) in [5.74, 6) is -0.797. The number of amides is 1. The Kier molecular flexibility index (Phi) is 13.3. The number of benzene rings is 5. The molecule has 0 saturated carbocycles. The monoisotopic (exact) mass is 856 g/mol. The highest BCUT2D eigenvalue weighted by Crippen LogP contribution is 2.46. The molecule has 0 bridgehead atoms. The summed E-state index contributed by atoms with van der Waals surface area (Å²) in [6.45, 7) is 0.660. The smallest absolute Gasteiger partial charge is 0.297 e. The zero-order valence-corrected chi connectivity index (χ0v) is 32.5. The van der Waals surface area contributed by atoms with E-state index in [1.54, 1.807) is 18.2 Å². The lowest BCUT2D eigenvalue weighted by atomic mass is 10.1. The molecule has 17 nitrogen and oxygen atoms in total. The van der Waals surface area contributed by atoms with E-state index in [-0.39, 0.29) is 48.3 Å². The number of hydrogen-bond donors (Lipinski definition) is 6. The second-order valence-corrected chi connectivity index (χ2v) is 18.3. The summed E-state index contributed by atoms with van der Waals surface area (Å²) in [6.07, 6.45) is 0. The maximum Gasteiger partial charge on any atom is 0.297 e. The normalized spacial score (nSPS) is 12.5. The molecule has 0 aliphatic heterocycles. The Morgan fingerprint density at radius 3 is 2.26 bits per heavy atom. The van der Waals surface area contributed by atoms with Crippen LogP contribution in [0.1, 0.15) is 10.4 Å². The van der Waals surface area contributed by atoms with Crippen molar-refractivity contribution < 1.29 is 58.9 Å². The number of azo groups is 1. The number of hydrogen-bond acceptors (Lipinski definition) is 16. The molecule has 54 heavy (non-hydrogen) atoms. The van der Waals surface area contributed by atoms with E-state index in [0.717, 1.165) is 18.2 Å². The van der Waals surface area contributed by atoms with Crippen molar-refractivity contribution >= 4 is 108 Å². The van der Waals surface area contributed by atoms with Gasteiger partial charge in [-0.15, -0.1) is 14.6 Å². The number of phenols is 1. The summed E-state index contributed by atoms with van der Waals surface area (Å²) < 4.78 is 101. The zero-order chi connectivity index (χ0) is 39.3. The lowest BCUT2D eigenvalue weighted by molar-refractivity contribution is -0.432. The molecule has 5 aromatic carbocycles. The maximum absolute atomic E-state index is 13.1. The number of nitrogens with one attached hydrogen (secondary N) is 2. The fraction of sp³-hybridized carbons (Fsp3) is 0.129. The molecular formula is C31H29N4O13PS5. The van der Waals surface area contributed by atoms with Crippen LogP contribution in [0.5, 0.6) is 5.75 Å². The molecule has 0 fully saturated rings. The molecule has 6 N–H and O–H groups in total. The highest BCUT2D eigenvalue weighted by molar-refractivity contribution is 8.00. The molecule has 286 valence electrons. The molecule has 0 aromatic heterocycles. The van der Waals surface area contributed by atoms with Crippen LogP contribution in [0.25, 0.3) is 21.5 Å². The van der Waals surface area contributed by atoms with Crippen molar-refractivity contribution in [3.05, 3.63) is 84.4 Å². The van der Waals surface area contributed by atoms with Gasteiger partial charge in [-0.3, -0.25) is 19.0 Å². The molecule has 1 unspecified atom stereocenters. The van der Waals surface area contributed by atoms with Gasteiger partial charge in [0.1, 0.15) is 21.2 Å². The molecule has 5 aromatic rings. The van der Waals surface area contributed by atoms with Crippen LogP contribution in [0, 0.1) is 0 Å². The third-order valence-corrected chi connectivity index (χ3v) is 13.1. The fourth-order valence-electron chi connectivity index (χ4n) is 5.17. The number of anilines is 1. The standard InChI is InChI=1S/C31H29N4O13PS5/c36-29-27-20(14-21(51-48-47-38)17-25(27)33-31(37)18-4-2-1-3-5-18)16-26(53(41,42)43)28(29)35-34-24-9-6-19-15-22(7-8-23(19)30(24)54(44,45)46)52(39,40)13-12-50-11-10-32-49/h1-9,14-17,32,36,38H,10-13,49H2,(H,33,37)(H,41,42,43)(H,44,45,46)/b35-34+. The fourth-order valence-corrected chi connectivity index (χ4v) is 10.1. The highest BCUT2D eigenvalue weighted by Gasteiger charge is 2.26.